The number of imidazole rings is 1. The van der Waals surface area contributed by atoms with E-state index in [-0.39, 0.29) is 16.8 Å². The summed E-state index contributed by atoms with van der Waals surface area (Å²) >= 11 is 0. The van der Waals surface area contributed by atoms with Crippen molar-refractivity contribution in [1.82, 2.24) is 24.2 Å². The molecule has 6 rings (SSSR count). The van der Waals surface area contributed by atoms with Gasteiger partial charge in [0.25, 0.3) is 5.91 Å². The number of morpholine rings is 1. The summed E-state index contributed by atoms with van der Waals surface area (Å²) in [4.78, 5) is 36.1. The average molecular weight is 507 g/mol. The molecule has 3 aromatic heterocycles. The highest BCUT2D eigenvalue weighted by molar-refractivity contribution is 6.05. The van der Waals surface area contributed by atoms with E-state index in [4.69, 9.17) is 4.74 Å². The first-order valence-corrected chi connectivity index (χ1v) is 12.9. The molecular weight excluding hydrogens is 475 g/mol. The number of benzene rings is 1. The van der Waals surface area contributed by atoms with Gasteiger partial charge in [-0.25, -0.2) is 9.37 Å². The Labute approximate surface area is 213 Å². The van der Waals surface area contributed by atoms with Crippen molar-refractivity contribution in [3.8, 4) is 0 Å². The molecule has 2 aliphatic heterocycles. The van der Waals surface area contributed by atoms with E-state index in [1.54, 1.807) is 0 Å². The van der Waals surface area contributed by atoms with Crippen LogP contribution in [0.25, 0.3) is 27.7 Å². The second kappa shape index (κ2) is 9.42. The fourth-order valence-electron chi connectivity index (χ4n) is 5.84. The van der Waals surface area contributed by atoms with Gasteiger partial charge in [0.1, 0.15) is 11.2 Å². The Balaban J connectivity index is 1.52. The van der Waals surface area contributed by atoms with Crippen LogP contribution in [0.4, 0.5) is 10.2 Å². The number of nitrogens with one attached hydrogen (secondary N) is 1. The third-order valence-corrected chi connectivity index (χ3v) is 7.83. The molecule has 194 valence electrons. The number of aromatic nitrogens is 3. The zero-order valence-electron chi connectivity index (χ0n) is 21.2. The first-order chi connectivity index (χ1) is 18.0. The molecule has 1 atom stereocenters. The van der Waals surface area contributed by atoms with Crippen molar-refractivity contribution in [3.05, 3.63) is 51.9 Å². The Kier molecular flexibility index (Phi) is 6.08. The van der Waals surface area contributed by atoms with Crippen LogP contribution >= 0.6 is 0 Å². The third-order valence-electron chi connectivity index (χ3n) is 7.83. The standard InChI is InChI=1S/C27H31FN6O3/c1-31-11-5-6-17(31)9-10-29-26(36)22-23(35)18-16-19(28)25(33-12-14-37-15-13-33)30-24(18)34-21-8-4-3-7-20(21)32(2)27(22)34/h3-4,7-8,16-17H,5-6,9-15H2,1-2H3,(H,29,36)/t17-/m0/s1. The van der Waals surface area contributed by atoms with Gasteiger partial charge in [0.2, 0.25) is 5.43 Å². The largest absolute Gasteiger partial charge is 0.378 e. The van der Waals surface area contributed by atoms with Crippen molar-refractivity contribution in [2.45, 2.75) is 25.3 Å². The summed E-state index contributed by atoms with van der Waals surface area (Å²) in [5.41, 5.74) is 1.90. The Hall–Kier alpha value is -3.50. The van der Waals surface area contributed by atoms with E-state index >= 15 is 4.39 Å². The van der Waals surface area contributed by atoms with Crippen LogP contribution in [0.2, 0.25) is 0 Å². The van der Waals surface area contributed by atoms with E-state index in [9.17, 15) is 9.59 Å². The smallest absolute Gasteiger partial charge is 0.259 e. The molecule has 9 nitrogen and oxygen atoms in total. The first-order valence-electron chi connectivity index (χ1n) is 12.9. The Morgan fingerprint density at radius 2 is 1.92 bits per heavy atom. The highest BCUT2D eigenvalue weighted by Crippen LogP contribution is 2.28. The fraction of sp³-hybridized carbons (Fsp3) is 0.444. The molecule has 2 saturated heterocycles. The van der Waals surface area contributed by atoms with E-state index in [0.717, 1.165) is 36.8 Å². The Morgan fingerprint density at radius 1 is 1.16 bits per heavy atom. The molecule has 0 aliphatic carbocycles. The fourth-order valence-corrected chi connectivity index (χ4v) is 5.84. The number of likely N-dealkylation sites (tertiary alicyclic amines) is 1. The number of para-hydroxylation sites is 2. The third kappa shape index (κ3) is 3.95. The maximum absolute atomic E-state index is 15.3. The maximum atomic E-state index is 15.3. The quantitative estimate of drug-likeness (QED) is 0.448. The van der Waals surface area contributed by atoms with Gasteiger partial charge in [-0.1, -0.05) is 12.1 Å². The van der Waals surface area contributed by atoms with Crippen LogP contribution in [0.1, 0.15) is 29.6 Å². The van der Waals surface area contributed by atoms with Crippen molar-refractivity contribution < 1.29 is 13.9 Å². The van der Waals surface area contributed by atoms with Gasteiger partial charge in [-0.15, -0.1) is 0 Å². The summed E-state index contributed by atoms with van der Waals surface area (Å²) < 4.78 is 24.4. The van der Waals surface area contributed by atoms with Gasteiger partial charge in [-0.2, -0.15) is 0 Å². The molecule has 2 fully saturated rings. The lowest BCUT2D eigenvalue weighted by atomic mass is 10.1. The number of carbonyl (C=O) groups excluding carboxylic acids is 1. The summed E-state index contributed by atoms with van der Waals surface area (Å²) in [6.45, 7) is 3.52. The number of halogens is 1. The van der Waals surface area contributed by atoms with Crippen LogP contribution in [0.5, 0.6) is 0 Å². The summed E-state index contributed by atoms with van der Waals surface area (Å²) in [5, 5.41) is 3.05. The molecule has 0 saturated carbocycles. The molecule has 1 amide bonds. The number of ether oxygens (including phenoxy) is 1. The van der Waals surface area contributed by atoms with Crippen molar-refractivity contribution in [3.63, 3.8) is 0 Å². The highest BCUT2D eigenvalue weighted by Gasteiger charge is 2.27. The molecule has 10 heteroatoms. The summed E-state index contributed by atoms with van der Waals surface area (Å²) in [5.74, 6) is -0.842. The van der Waals surface area contributed by atoms with Gasteiger partial charge >= 0.3 is 0 Å². The molecule has 0 bridgehead atoms. The second-order valence-electron chi connectivity index (χ2n) is 10.00. The number of hydrogen-bond acceptors (Lipinski definition) is 6. The lowest BCUT2D eigenvalue weighted by molar-refractivity contribution is 0.0950. The Bertz CT molecular complexity index is 1570. The van der Waals surface area contributed by atoms with Crippen molar-refractivity contribution in [1.29, 1.82) is 0 Å². The molecule has 0 unspecified atom stereocenters. The zero-order valence-corrected chi connectivity index (χ0v) is 21.2. The van der Waals surface area contributed by atoms with Gasteiger partial charge in [0.15, 0.2) is 17.3 Å². The number of aryl methyl sites for hydroxylation is 1. The van der Waals surface area contributed by atoms with Crippen LogP contribution in [-0.4, -0.2) is 77.2 Å². The van der Waals surface area contributed by atoms with Gasteiger partial charge in [0.05, 0.1) is 29.6 Å². The van der Waals surface area contributed by atoms with Gasteiger partial charge in [0, 0.05) is 32.7 Å². The van der Waals surface area contributed by atoms with E-state index in [1.165, 1.54) is 6.07 Å². The number of carbonyl (C=O) groups is 1. The number of nitrogens with zero attached hydrogens (tertiary/aromatic N) is 5. The highest BCUT2D eigenvalue weighted by atomic mass is 19.1. The molecule has 0 spiro atoms. The predicted octanol–water partition coefficient (Wildman–Crippen LogP) is 2.53. The zero-order chi connectivity index (χ0) is 25.7. The Morgan fingerprint density at radius 3 is 2.65 bits per heavy atom. The number of pyridine rings is 2. The van der Waals surface area contributed by atoms with Crippen LogP contribution in [0.15, 0.2) is 35.1 Å². The number of anilines is 1. The maximum Gasteiger partial charge on any atom is 0.259 e. The van der Waals surface area contributed by atoms with Crippen molar-refractivity contribution >= 4 is 39.4 Å². The number of fused-ring (bicyclic) bond motifs is 5. The molecule has 1 aromatic carbocycles. The lowest BCUT2D eigenvalue weighted by Gasteiger charge is -2.28. The van der Waals surface area contributed by atoms with E-state index < -0.39 is 17.2 Å². The van der Waals surface area contributed by atoms with Gasteiger partial charge in [-0.3, -0.25) is 14.0 Å². The van der Waals surface area contributed by atoms with E-state index in [2.05, 4.69) is 22.2 Å². The number of hydrogen-bond donors (Lipinski definition) is 1. The summed E-state index contributed by atoms with van der Waals surface area (Å²) in [6, 6.07) is 9.31. The SMILES string of the molecule is CN1CCC[C@H]1CCNC(=O)c1c(=O)c2cc(F)c(N3CCOCC3)nc2n2c3ccccc3n(C)c12. The minimum Gasteiger partial charge on any atom is -0.378 e. The minimum absolute atomic E-state index is 0.00583. The van der Waals surface area contributed by atoms with Gasteiger partial charge < -0.3 is 24.4 Å². The number of amides is 1. The monoisotopic (exact) mass is 506 g/mol. The van der Waals surface area contributed by atoms with Crippen LogP contribution < -0.4 is 15.6 Å². The van der Waals surface area contributed by atoms with Crippen LogP contribution in [0, 0.1) is 5.82 Å². The van der Waals surface area contributed by atoms with E-state index in [1.807, 2.05) is 45.2 Å². The molecule has 2 aliphatic rings. The second-order valence-corrected chi connectivity index (χ2v) is 10.00. The normalized spacial score (nSPS) is 18.9. The van der Waals surface area contributed by atoms with Crippen LogP contribution in [-0.2, 0) is 11.8 Å². The summed E-state index contributed by atoms with van der Waals surface area (Å²) in [7, 11) is 3.93. The van der Waals surface area contributed by atoms with E-state index in [0.29, 0.717) is 50.2 Å². The molecule has 37 heavy (non-hydrogen) atoms. The topological polar surface area (TPSA) is 84.1 Å². The number of rotatable bonds is 5. The molecule has 5 heterocycles. The molecule has 0 radical (unpaired) electrons. The predicted molar refractivity (Wildman–Crippen MR) is 141 cm³/mol. The average Bonchev–Trinajstić information content (AvgIpc) is 3.45. The van der Waals surface area contributed by atoms with Gasteiger partial charge in [-0.05, 0) is 51.1 Å². The molecule has 1 N–H and O–H groups in total. The van der Waals surface area contributed by atoms with Crippen molar-refractivity contribution in [2.75, 3.05) is 51.3 Å². The minimum atomic E-state index is -0.581. The lowest BCUT2D eigenvalue weighted by Crippen LogP contribution is -2.37. The summed E-state index contributed by atoms with van der Waals surface area (Å²) in [6.07, 6.45) is 3.08. The first kappa shape index (κ1) is 23.9. The van der Waals surface area contributed by atoms with Crippen molar-refractivity contribution in [2.24, 2.45) is 7.05 Å². The molecular formula is C27H31FN6O3. The van der Waals surface area contributed by atoms with Crippen LogP contribution in [0.3, 0.4) is 0 Å². The molecule has 4 aromatic rings.